The van der Waals surface area contributed by atoms with Crippen molar-refractivity contribution in [1.82, 2.24) is 19.8 Å². The molecule has 1 saturated heterocycles. The first-order valence-electron chi connectivity index (χ1n) is 9.12. The third kappa shape index (κ3) is 6.80. The van der Waals surface area contributed by atoms with E-state index >= 15 is 0 Å². The molecule has 162 valence electrons. The van der Waals surface area contributed by atoms with Gasteiger partial charge in [0.1, 0.15) is 12.1 Å². The first kappa shape index (κ1) is 22.8. The van der Waals surface area contributed by atoms with E-state index in [2.05, 4.69) is 10.0 Å². The average Bonchev–Trinajstić information content (AvgIpc) is 2.64. The number of carbonyl (C=O) groups excluding carboxylic acids is 2. The number of carboxylic acids is 1. The largest absolute Gasteiger partial charge is 0.480 e. The van der Waals surface area contributed by atoms with E-state index in [9.17, 15) is 23.7 Å². The average molecular weight is 430 g/mol. The fourth-order valence-corrected chi connectivity index (χ4v) is 3.83. The van der Waals surface area contributed by atoms with Gasteiger partial charge in [0.05, 0.1) is 6.54 Å². The van der Waals surface area contributed by atoms with Gasteiger partial charge in [-0.25, -0.2) is 13.7 Å². The molecule has 13 heteroatoms. The number of likely N-dealkylation sites (tertiary alicyclic amines) is 1. The maximum Gasteiger partial charge on any atom is 0.326 e. The van der Waals surface area contributed by atoms with Gasteiger partial charge < -0.3 is 26.0 Å². The molecule has 2 heterocycles. The van der Waals surface area contributed by atoms with Crippen molar-refractivity contribution < 1.29 is 28.3 Å². The molecule has 2 aliphatic rings. The van der Waals surface area contributed by atoms with E-state index in [1.54, 1.807) is 4.90 Å². The highest BCUT2D eigenvalue weighted by molar-refractivity contribution is 7.77. The molecule has 3 atom stereocenters. The SMILES string of the molecule is N=C(N)N1CCC=C(C[C@H](NC(=O)CN2CCC[C@H](NS(=O)O)C2=O)C(=O)O)C1. The van der Waals surface area contributed by atoms with Gasteiger partial charge in [0.15, 0.2) is 5.96 Å². The molecular weight excluding hydrogens is 404 g/mol. The number of piperidine rings is 1. The third-order valence-corrected chi connectivity index (χ3v) is 5.26. The molecule has 0 aromatic rings. The second-order valence-electron chi connectivity index (χ2n) is 6.94. The summed E-state index contributed by atoms with van der Waals surface area (Å²) in [6.45, 7) is 0.871. The molecule has 7 N–H and O–H groups in total. The van der Waals surface area contributed by atoms with Crippen molar-refractivity contribution in [2.75, 3.05) is 26.2 Å². The minimum absolute atomic E-state index is 0.0620. The summed E-state index contributed by atoms with van der Waals surface area (Å²) in [6.07, 6.45) is 3.48. The summed E-state index contributed by atoms with van der Waals surface area (Å²) in [7, 11) is 0. The van der Waals surface area contributed by atoms with E-state index in [0.29, 0.717) is 38.9 Å². The molecule has 0 aromatic carbocycles. The molecule has 0 aromatic heterocycles. The van der Waals surface area contributed by atoms with Crippen molar-refractivity contribution in [2.24, 2.45) is 5.73 Å². The Bertz CT molecular complexity index is 729. The van der Waals surface area contributed by atoms with E-state index in [4.69, 9.17) is 15.7 Å². The van der Waals surface area contributed by atoms with E-state index in [1.165, 1.54) is 4.90 Å². The highest BCUT2D eigenvalue weighted by Crippen LogP contribution is 2.15. The number of guanidine groups is 1. The lowest BCUT2D eigenvalue weighted by atomic mass is 10.0. The maximum atomic E-state index is 12.3. The van der Waals surface area contributed by atoms with Crippen LogP contribution in [0.2, 0.25) is 0 Å². The molecule has 29 heavy (non-hydrogen) atoms. The summed E-state index contributed by atoms with van der Waals surface area (Å²) in [5, 5.41) is 19.4. The molecule has 0 aliphatic carbocycles. The number of nitrogens with two attached hydrogens (primary N) is 1. The maximum absolute atomic E-state index is 12.3. The predicted molar refractivity (Wildman–Crippen MR) is 104 cm³/mol. The topological polar surface area (TPSA) is 189 Å². The molecule has 0 bridgehead atoms. The number of carbonyl (C=O) groups is 3. The Morgan fingerprint density at radius 3 is 2.76 bits per heavy atom. The molecule has 2 amide bonds. The van der Waals surface area contributed by atoms with Crippen molar-refractivity contribution in [3.8, 4) is 0 Å². The number of hydrogen-bond acceptors (Lipinski definition) is 5. The number of hydrogen-bond donors (Lipinski definition) is 6. The molecule has 1 unspecified atom stereocenters. The third-order valence-electron chi connectivity index (χ3n) is 4.77. The van der Waals surface area contributed by atoms with Gasteiger partial charge in [0, 0.05) is 26.1 Å². The number of amides is 2. The van der Waals surface area contributed by atoms with Crippen molar-refractivity contribution in [1.29, 1.82) is 5.41 Å². The van der Waals surface area contributed by atoms with Crippen molar-refractivity contribution >= 4 is 35.0 Å². The van der Waals surface area contributed by atoms with Crippen LogP contribution in [0.4, 0.5) is 0 Å². The Kier molecular flexibility index (Phi) is 8.10. The van der Waals surface area contributed by atoms with Crippen LogP contribution < -0.4 is 15.8 Å². The summed E-state index contributed by atoms with van der Waals surface area (Å²) in [5.41, 5.74) is 6.23. The second kappa shape index (κ2) is 10.3. The highest BCUT2D eigenvalue weighted by Gasteiger charge is 2.32. The minimum Gasteiger partial charge on any atom is -0.480 e. The van der Waals surface area contributed by atoms with Gasteiger partial charge in [-0.2, -0.15) is 0 Å². The normalized spacial score (nSPS) is 21.9. The fraction of sp³-hybridized carbons (Fsp3) is 0.625. The summed E-state index contributed by atoms with van der Waals surface area (Å²) in [4.78, 5) is 39.1. The molecular formula is C16H26N6O6S. The van der Waals surface area contributed by atoms with Crippen LogP contribution in [0.15, 0.2) is 11.6 Å². The van der Waals surface area contributed by atoms with Gasteiger partial charge in [0.25, 0.3) is 0 Å². The molecule has 12 nitrogen and oxygen atoms in total. The Morgan fingerprint density at radius 1 is 1.41 bits per heavy atom. The first-order chi connectivity index (χ1) is 13.7. The highest BCUT2D eigenvalue weighted by atomic mass is 32.2. The number of rotatable bonds is 8. The van der Waals surface area contributed by atoms with Gasteiger partial charge in [-0.15, -0.1) is 0 Å². The quantitative estimate of drug-likeness (QED) is 0.112. The smallest absolute Gasteiger partial charge is 0.326 e. The van der Waals surface area contributed by atoms with Crippen LogP contribution in [-0.2, 0) is 25.7 Å². The summed E-state index contributed by atoms with van der Waals surface area (Å²) >= 11 is -2.35. The zero-order valence-corrected chi connectivity index (χ0v) is 16.6. The molecule has 0 radical (unpaired) electrons. The van der Waals surface area contributed by atoms with Crippen molar-refractivity contribution in [3.05, 3.63) is 11.6 Å². The fourth-order valence-electron chi connectivity index (χ4n) is 3.37. The van der Waals surface area contributed by atoms with E-state index in [0.717, 1.165) is 5.57 Å². The van der Waals surface area contributed by atoms with E-state index in [-0.39, 0.29) is 18.9 Å². The monoisotopic (exact) mass is 430 g/mol. The van der Waals surface area contributed by atoms with Crippen molar-refractivity contribution in [3.63, 3.8) is 0 Å². The Labute approximate surface area is 170 Å². The van der Waals surface area contributed by atoms with Gasteiger partial charge >= 0.3 is 5.97 Å². The van der Waals surface area contributed by atoms with Gasteiger partial charge in [-0.1, -0.05) is 11.6 Å². The van der Waals surface area contributed by atoms with Crippen LogP contribution in [0, 0.1) is 5.41 Å². The first-order valence-corrected chi connectivity index (χ1v) is 10.2. The molecule has 0 saturated carbocycles. The minimum atomic E-state index is -2.35. The van der Waals surface area contributed by atoms with E-state index < -0.39 is 41.1 Å². The lowest BCUT2D eigenvalue weighted by Gasteiger charge is -2.32. The number of aliphatic carboxylic acids is 1. The molecule has 0 spiro atoms. The van der Waals surface area contributed by atoms with Crippen LogP contribution in [0.25, 0.3) is 0 Å². The van der Waals surface area contributed by atoms with Crippen LogP contribution >= 0.6 is 0 Å². The zero-order valence-electron chi connectivity index (χ0n) is 15.8. The van der Waals surface area contributed by atoms with Crippen LogP contribution in [-0.4, -0.2) is 85.7 Å². The Balaban J connectivity index is 1.93. The van der Waals surface area contributed by atoms with Crippen molar-refractivity contribution in [2.45, 2.75) is 37.8 Å². The molecule has 1 fully saturated rings. The molecule has 2 aliphatic heterocycles. The molecule has 2 rings (SSSR count). The summed E-state index contributed by atoms with van der Waals surface area (Å²) in [6, 6.07) is -2.04. The van der Waals surface area contributed by atoms with Crippen LogP contribution in [0.3, 0.4) is 0 Å². The number of carboxylic acid groups (broad SMARTS) is 1. The number of nitrogens with zero attached hydrogens (tertiary/aromatic N) is 2. The van der Waals surface area contributed by atoms with Gasteiger partial charge in [-0.05, 0) is 19.3 Å². The van der Waals surface area contributed by atoms with Gasteiger partial charge in [-0.3, -0.25) is 19.6 Å². The Morgan fingerprint density at radius 2 is 2.14 bits per heavy atom. The van der Waals surface area contributed by atoms with Gasteiger partial charge in [0.2, 0.25) is 23.1 Å². The second-order valence-corrected chi connectivity index (χ2v) is 7.68. The number of nitrogens with one attached hydrogen (secondary N) is 3. The van der Waals surface area contributed by atoms with Crippen LogP contribution in [0.1, 0.15) is 25.7 Å². The zero-order chi connectivity index (χ0) is 21.6. The van der Waals surface area contributed by atoms with Crippen LogP contribution in [0.5, 0.6) is 0 Å². The summed E-state index contributed by atoms with van der Waals surface area (Å²) < 4.78 is 22.0. The van der Waals surface area contributed by atoms with E-state index in [1.807, 2.05) is 6.08 Å². The lowest BCUT2D eigenvalue weighted by Crippen LogP contribution is -2.54. The standard InChI is InChI=1S/C16H26N6O6S/c17-16(18)22-6-1-3-10(8-22)7-12(15(25)26)19-13(23)9-21-5-2-4-11(14(21)24)20-29(27)28/h3,11-12,20H,1-2,4-9H2,(H3,17,18)(H,19,23)(H,25,26)(H,27,28)/t11-,12-/m0/s1. The Hall–Kier alpha value is -2.51. The lowest BCUT2D eigenvalue weighted by molar-refractivity contribution is -0.143. The summed E-state index contributed by atoms with van der Waals surface area (Å²) in [5.74, 6) is -2.41. The predicted octanol–water partition coefficient (Wildman–Crippen LogP) is -1.81.